The summed E-state index contributed by atoms with van der Waals surface area (Å²) < 4.78 is 11.0. The van der Waals surface area contributed by atoms with Crippen LogP contribution in [0.5, 0.6) is 0 Å². The van der Waals surface area contributed by atoms with Gasteiger partial charge >= 0.3 is 0 Å². The maximum absolute atomic E-state index is 8.79. The zero-order valence-corrected chi connectivity index (χ0v) is 9.66. The van der Waals surface area contributed by atoms with Crippen LogP contribution in [-0.4, -0.2) is 37.1 Å². The summed E-state index contributed by atoms with van der Waals surface area (Å²) in [7, 11) is 0. The Balaban J connectivity index is 3.60. The Kier molecular flexibility index (Phi) is 9.35. The zero-order valence-electron chi connectivity index (χ0n) is 9.66. The van der Waals surface area contributed by atoms with Crippen LogP contribution >= 0.6 is 0 Å². The van der Waals surface area contributed by atoms with Crippen molar-refractivity contribution in [2.75, 3.05) is 19.8 Å². The molecule has 14 heavy (non-hydrogen) atoms. The minimum absolute atomic E-state index is 0.0760. The van der Waals surface area contributed by atoms with E-state index in [4.69, 9.17) is 14.6 Å². The second-order valence-electron chi connectivity index (χ2n) is 3.61. The molecule has 0 aromatic heterocycles. The molecule has 0 aromatic rings. The first kappa shape index (κ1) is 13.9. The van der Waals surface area contributed by atoms with Crippen molar-refractivity contribution in [1.82, 2.24) is 0 Å². The Morgan fingerprint density at radius 1 is 1.14 bits per heavy atom. The average Bonchev–Trinajstić information content (AvgIpc) is 2.21. The maximum atomic E-state index is 8.79. The number of hydrogen-bond donors (Lipinski definition) is 1. The van der Waals surface area contributed by atoms with Crippen LogP contribution in [0, 0.1) is 0 Å². The van der Waals surface area contributed by atoms with Gasteiger partial charge in [0.25, 0.3) is 0 Å². The molecule has 0 radical (unpaired) electrons. The highest BCUT2D eigenvalue weighted by Crippen LogP contribution is 2.05. The highest BCUT2D eigenvalue weighted by atomic mass is 16.5. The van der Waals surface area contributed by atoms with Crippen molar-refractivity contribution in [3.05, 3.63) is 0 Å². The lowest BCUT2D eigenvalue weighted by Crippen LogP contribution is -2.24. The molecule has 86 valence electrons. The molecule has 0 rings (SSSR count). The van der Waals surface area contributed by atoms with Gasteiger partial charge in [0.15, 0.2) is 0 Å². The molecule has 0 saturated carbocycles. The van der Waals surface area contributed by atoms with Crippen LogP contribution in [-0.2, 0) is 9.47 Å². The lowest BCUT2D eigenvalue weighted by atomic mass is 10.2. The number of ether oxygens (including phenoxy) is 2. The highest BCUT2D eigenvalue weighted by Gasteiger charge is 2.09. The fraction of sp³-hybridized carbons (Fsp3) is 1.00. The average molecular weight is 204 g/mol. The summed E-state index contributed by atoms with van der Waals surface area (Å²) in [6.07, 6.45) is 3.27. The molecule has 1 N–H and O–H groups in total. The van der Waals surface area contributed by atoms with Gasteiger partial charge in [-0.15, -0.1) is 0 Å². The monoisotopic (exact) mass is 204 g/mol. The van der Waals surface area contributed by atoms with Crippen molar-refractivity contribution in [3.63, 3.8) is 0 Å². The normalized spacial score (nSPS) is 15.4. The first-order valence-electron chi connectivity index (χ1n) is 5.58. The summed E-state index contributed by atoms with van der Waals surface area (Å²) >= 11 is 0. The van der Waals surface area contributed by atoms with Gasteiger partial charge in [0.05, 0.1) is 25.4 Å². The molecule has 2 unspecified atom stereocenters. The Hall–Kier alpha value is -0.120. The molecule has 0 heterocycles. The van der Waals surface area contributed by atoms with Gasteiger partial charge < -0.3 is 14.6 Å². The van der Waals surface area contributed by atoms with Gasteiger partial charge in [0.1, 0.15) is 0 Å². The van der Waals surface area contributed by atoms with Crippen molar-refractivity contribution in [2.24, 2.45) is 0 Å². The smallest absolute Gasteiger partial charge is 0.0808 e. The van der Waals surface area contributed by atoms with Crippen LogP contribution in [0.4, 0.5) is 0 Å². The van der Waals surface area contributed by atoms with Crippen LogP contribution < -0.4 is 0 Å². The largest absolute Gasteiger partial charge is 0.394 e. The quantitative estimate of drug-likeness (QED) is 0.624. The van der Waals surface area contributed by atoms with E-state index in [-0.39, 0.29) is 18.8 Å². The molecular weight excluding hydrogens is 180 g/mol. The van der Waals surface area contributed by atoms with Gasteiger partial charge in [0.2, 0.25) is 0 Å². The molecule has 0 saturated heterocycles. The van der Waals surface area contributed by atoms with E-state index in [0.29, 0.717) is 6.61 Å². The molecule has 2 atom stereocenters. The highest BCUT2D eigenvalue weighted by molar-refractivity contribution is 4.57. The molecule has 0 aliphatic rings. The lowest BCUT2D eigenvalue weighted by Gasteiger charge is -2.19. The SMILES string of the molecule is CCCOC(CCC)COC(C)CO. The second-order valence-corrected chi connectivity index (χ2v) is 3.61. The molecule has 3 heteroatoms. The summed E-state index contributed by atoms with van der Waals surface area (Å²) in [6, 6.07) is 0. The third-order valence-corrected chi connectivity index (χ3v) is 1.99. The van der Waals surface area contributed by atoms with Gasteiger partial charge in [-0.05, 0) is 19.8 Å². The third kappa shape index (κ3) is 7.30. The molecule has 0 aromatic carbocycles. The Morgan fingerprint density at radius 3 is 2.36 bits per heavy atom. The molecule has 0 amide bonds. The van der Waals surface area contributed by atoms with Crippen molar-refractivity contribution in [1.29, 1.82) is 0 Å². The first-order valence-corrected chi connectivity index (χ1v) is 5.58. The van der Waals surface area contributed by atoms with Crippen molar-refractivity contribution < 1.29 is 14.6 Å². The van der Waals surface area contributed by atoms with Crippen LogP contribution in [0.2, 0.25) is 0 Å². The minimum atomic E-state index is -0.0837. The molecular formula is C11H24O3. The van der Waals surface area contributed by atoms with E-state index in [1.165, 1.54) is 0 Å². The first-order chi connectivity index (χ1) is 6.74. The van der Waals surface area contributed by atoms with Gasteiger partial charge in [-0.25, -0.2) is 0 Å². The summed E-state index contributed by atoms with van der Waals surface area (Å²) in [5, 5.41) is 8.79. The standard InChI is InChI=1S/C11H24O3/c1-4-6-11(13-7-5-2)9-14-10(3)8-12/h10-12H,4-9H2,1-3H3. The summed E-state index contributed by atoms with van der Waals surface area (Å²) in [5.74, 6) is 0. The van der Waals surface area contributed by atoms with E-state index in [9.17, 15) is 0 Å². The van der Waals surface area contributed by atoms with Crippen molar-refractivity contribution in [2.45, 2.75) is 52.2 Å². The molecule has 0 aliphatic carbocycles. The van der Waals surface area contributed by atoms with Gasteiger partial charge in [-0.3, -0.25) is 0 Å². The molecule has 0 spiro atoms. The fourth-order valence-corrected chi connectivity index (χ4v) is 1.15. The molecule has 0 bridgehead atoms. The summed E-state index contributed by atoms with van der Waals surface area (Å²) in [4.78, 5) is 0. The van der Waals surface area contributed by atoms with Crippen molar-refractivity contribution >= 4 is 0 Å². The van der Waals surface area contributed by atoms with Crippen LogP contribution in [0.15, 0.2) is 0 Å². The van der Waals surface area contributed by atoms with Crippen LogP contribution in [0.1, 0.15) is 40.0 Å². The fourth-order valence-electron chi connectivity index (χ4n) is 1.15. The van der Waals surface area contributed by atoms with Gasteiger partial charge in [0, 0.05) is 6.61 Å². The lowest BCUT2D eigenvalue weighted by molar-refractivity contribution is -0.0549. The predicted octanol–water partition coefficient (Wildman–Crippen LogP) is 1.98. The number of hydrogen-bond acceptors (Lipinski definition) is 3. The Morgan fingerprint density at radius 2 is 1.86 bits per heavy atom. The molecule has 3 nitrogen and oxygen atoms in total. The third-order valence-electron chi connectivity index (χ3n) is 1.99. The van der Waals surface area contributed by atoms with E-state index >= 15 is 0 Å². The zero-order chi connectivity index (χ0) is 10.8. The minimum Gasteiger partial charge on any atom is -0.394 e. The van der Waals surface area contributed by atoms with E-state index < -0.39 is 0 Å². The van der Waals surface area contributed by atoms with E-state index in [0.717, 1.165) is 25.9 Å². The van der Waals surface area contributed by atoms with Gasteiger partial charge in [-0.1, -0.05) is 20.3 Å². The predicted molar refractivity (Wildman–Crippen MR) is 57.4 cm³/mol. The van der Waals surface area contributed by atoms with Gasteiger partial charge in [-0.2, -0.15) is 0 Å². The molecule has 0 fully saturated rings. The summed E-state index contributed by atoms with van der Waals surface area (Å²) in [5.41, 5.74) is 0. The second kappa shape index (κ2) is 9.44. The maximum Gasteiger partial charge on any atom is 0.0808 e. The van der Waals surface area contributed by atoms with Crippen LogP contribution in [0.25, 0.3) is 0 Å². The van der Waals surface area contributed by atoms with Crippen LogP contribution in [0.3, 0.4) is 0 Å². The number of aliphatic hydroxyl groups excluding tert-OH is 1. The topological polar surface area (TPSA) is 38.7 Å². The van der Waals surface area contributed by atoms with Crippen molar-refractivity contribution in [3.8, 4) is 0 Å². The summed E-state index contributed by atoms with van der Waals surface area (Å²) in [6.45, 7) is 7.56. The number of aliphatic hydroxyl groups is 1. The van der Waals surface area contributed by atoms with E-state index in [2.05, 4.69) is 13.8 Å². The van der Waals surface area contributed by atoms with E-state index in [1.807, 2.05) is 6.92 Å². The molecule has 0 aliphatic heterocycles. The van der Waals surface area contributed by atoms with E-state index in [1.54, 1.807) is 0 Å². The number of rotatable bonds is 9. The Labute approximate surface area is 87.4 Å². The Bertz CT molecular complexity index is 117.